The predicted octanol–water partition coefficient (Wildman–Crippen LogP) is 7.16. The standard InChI is InChI=1S/C31H28N2O3S/c1-20-7-5-12-28-29(20)33-31(37-28)32-19-22(17-21-13-15-24(16-14-21)30(35)36-2)18-27(34)26-11-6-9-23-8-3-4-10-25(23)26/h3-17,27,34H,18-19H2,1-2H3,(H,32,33). The van der Waals surface area contributed by atoms with Crippen LogP contribution in [0.5, 0.6) is 0 Å². The third kappa shape index (κ3) is 5.56. The zero-order valence-corrected chi connectivity index (χ0v) is 21.6. The lowest BCUT2D eigenvalue weighted by atomic mass is 9.95. The minimum absolute atomic E-state index is 0.366. The van der Waals surface area contributed by atoms with Gasteiger partial charge in [0.25, 0.3) is 0 Å². The molecule has 0 bridgehead atoms. The summed E-state index contributed by atoms with van der Waals surface area (Å²) >= 11 is 1.62. The van der Waals surface area contributed by atoms with Gasteiger partial charge in [0.15, 0.2) is 5.13 Å². The first-order valence-electron chi connectivity index (χ1n) is 12.2. The molecule has 2 N–H and O–H groups in total. The number of nitrogens with zero attached hydrogens (tertiary/aromatic N) is 1. The van der Waals surface area contributed by atoms with Crippen LogP contribution in [-0.4, -0.2) is 29.7 Å². The fraction of sp³-hybridized carbons (Fsp3) is 0.161. The van der Waals surface area contributed by atoms with E-state index in [1.807, 2.05) is 48.5 Å². The number of nitrogens with one attached hydrogen (secondary N) is 1. The number of aromatic nitrogens is 1. The normalized spacial score (nSPS) is 12.6. The minimum atomic E-state index is -0.675. The number of methoxy groups -OCH3 is 1. The molecular weight excluding hydrogens is 480 g/mol. The van der Waals surface area contributed by atoms with Crippen LogP contribution in [0.15, 0.2) is 90.5 Å². The Bertz CT molecular complexity index is 1580. The van der Waals surface area contributed by atoms with E-state index in [2.05, 4.69) is 42.6 Å². The van der Waals surface area contributed by atoms with Crippen LogP contribution in [0.4, 0.5) is 5.13 Å². The van der Waals surface area contributed by atoms with Crippen LogP contribution >= 0.6 is 11.3 Å². The second kappa shape index (κ2) is 10.9. The van der Waals surface area contributed by atoms with E-state index in [-0.39, 0.29) is 5.97 Å². The number of aliphatic hydroxyl groups excluding tert-OH is 1. The Morgan fingerprint density at radius 2 is 1.78 bits per heavy atom. The molecule has 1 atom stereocenters. The summed E-state index contributed by atoms with van der Waals surface area (Å²) in [6, 6.07) is 27.6. The molecule has 1 heterocycles. The SMILES string of the molecule is COC(=O)c1ccc(C=C(CNc2nc3c(C)cccc3s2)CC(O)c2cccc3ccccc23)cc1. The maximum atomic E-state index is 11.8. The smallest absolute Gasteiger partial charge is 0.337 e. The Morgan fingerprint density at radius 1 is 1.03 bits per heavy atom. The third-order valence-electron chi connectivity index (χ3n) is 6.43. The molecule has 4 aromatic carbocycles. The van der Waals surface area contributed by atoms with Gasteiger partial charge in [-0.15, -0.1) is 0 Å². The molecule has 0 radical (unpaired) electrons. The van der Waals surface area contributed by atoms with Gasteiger partial charge in [-0.05, 0) is 58.2 Å². The molecule has 0 fully saturated rings. The maximum Gasteiger partial charge on any atom is 0.337 e. The van der Waals surface area contributed by atoms with Crippen LogP contribution in [0.2, 0.25) is 0 Å². The highest BCUT2D eigenvalue weighted by Crippen LogP contribution is 2.31. The number of aliphatic hydroxyl groups is 1. The van der Waals surface area contributed by atoms with E-state index >= 15 is 0 Å². The van der Waals surface area contributed by atoms with Crippen LogP contribution in [0.3, 0.4) is 0 Å². The van der Waals surface area contributed by atoms with Crippen molar-refractivity contribution in [2.45, 2.75) is 19.4 Å². The number of anilines is 1. The van der Waals surface area contributed by atoms with E-state index < -0.39 is 6.10 Å². The Balaban J connectivity index is 1.43. The van der Waals surface area contributed by atoms with Gasteiger partial charge in [0.2, 0.25) is 0 Å². The molecule has 186 valence electrons. The van der Waals surface area contributed by atoms with Gasteiger partial charge in [0, 0.05) is 13.0 Å². The summed E-state index contributed by atoms with van der Waals surface area (Å²) in [5.74, 6) is -0.366. The average Bonchev–Trinajstić information content (AvgIpc) is 3.36. The highest BCUT2D eigenvalue weighted by Gasteiger charge is 2.15. The molecule has 1 aromatic heterocycles. The molecular formula is C31H28N2O3S. The molecule has 0 saturated carbocycles. The number of para-hydroxylation sites is 1. The second-order valence-corrected chi connectivity index (χ2v) is 10.0. The molecule has 0 amide bonds. The molecule has 37 heavy (non-hydrogen) atoms. The van der Waals surface area contributed by atoms with Crippen molar-refractivity contribution in [2.24, 2.45) is 0 Å². The predicted molar refractivity (Wildman–Crippen MR) is 152 cm³/mol. The van der Waals surface area contributed by atoms with Crippen LogP contribution in [-0.2, 0) is 4.74 Å². The van der Waals surface area contributed by atoms with E-state index in [9.17, 15) is 9.90 Å². The Hall–Kier alpha value is -4.00. The van der Waals surface area contributed by atoms with Gasteiger partial charge in [-0.25, -0.2) is 9.78 Å². The molecule has 0 saturated heterocycles. The van der Waals surface area contributed by atoms with Crippen molar-refractivity contribution in [1.29, 1.82) is 0 Å². The van der Waals surface area contributed by atoms with Crippen molar-refractivity contribution in [3.8, 4) is 0 Å². The molecule has 6 heteroatoms. The summed E-state index contributed by atoms with van der Waals surface area (Å²) < 4.78 is 5.95. The van der Waals surface area contributed by atoms with Crippen molar-refractivity contribution in [1.82, 2.24) is 4.98 Å². The Kier molecular flexibility index (Phi) is 7.30. The van der Waals surface area contributed by atoms with Gasteiger partial charge >= 0.3 is 5.97 Å². The summed E-state index contributed by atoms with van der Waals surface area (Å²) in [5, 5.41) is 17.8. The van der Waals surface area contributed by atoms with Crippen LogP contribution < -0.4 is 5.32 Å². The minimum Gasteiger partial charge on any atom is -0.465 e. The van der Waals surface area contributed by atoms with E-state index in [1.165, 1.54) is 7.11 Å². The second-order valence-electron chi connectivity index (χ2n) is 9.00. The lowest BCUT2D eigenvalue weighted by Crippen LogP contribution is -2.09. The summed E-state index contributed by atoms with van der Waals surface area (Å²) in [4.78, 5) is 16.6. The number of rotatable bonds is 8. The van der Waals surface area contributed by atoms with Crippen molar-refractivity contribution in [3.63, 3.8) is 0 Å². The average molecular weight is 509 g/mol. The molecule has 1 unspecified atom stereocenters. The van der Waals surface area contributed by atoms with Crippen molar-refractivity contribution in [3.05, 3.63) is 113 Å². The quantitative estimate of drug-likeness (QED) is 0.218. The van der Waals surface area contributed by atoms with E-state index in [1.54, 1.807) is 23.5 Å². The van der Waals surface area contributed by atoms with Crippen molar-refractivity contribution in [2.75, 3.05) is 19.0 Å². The fourth-order valence-corrected chi connectivity index (χ4v) is 5.44. The van der Waals surface area contributed by atoms with Gasteiger partial charge < -0.3 is 15.2 Å². The lowest BCUT2D eigenvalue weighted by Gasteiger charge is -2.17. The summed E-state index contributed by atoms with van der Waals surface area (Å²) in [7, 11) is 1.37. The zero-order valence-electron chi connectivity index (χ0n) is 20.8. The number of carbonyl (C=O) groups excluding carboxylic acids is 1. The van der Waals surface area contributed by atoms with Gasteiger partial charge in [0.05, 0.1) is 29.0 Å². The monoisotopic (exact) mass is 508 g/mol. The van der Waals surface area contributed by atoms with Crippen molar-refractivity contribution < 1.29 is 14.6 Å². The number of hydrogen-bond acceptors (Lipinski definition) is 6. The van der Waals surface area contributed by atoms with Crippen LogP contribution in [0.25, 0.3) is 27.1 Å². The number of esters is 1. The Labute approximate surface area is 220 Å². The first-order chi connectivity index (χ1) is 18.0. The third-order valence-corrected chi connectivity index (χ3v) is 7.41. The number of aryl methyl sites for hydroxylation is 1. The molecule has 0 aliphatic heterocycles. The topological polar surface area (TPSA) is 71.5 Å². The molecule has 0 spiro atoms. The molecule has 0 aliphatic rings. The highest BCUT2D eigenvalue weighted by molar-refractivity contribution is 7.22. The van der Waals surface area contributed by atoms with E-state index in [0.29, 0.717) is 18.5 Å². The summed E-state index contributed by atoms with van der Waals surface area (Å²) in [5.41, 5.74) is 5.52. The summed E-state index contributed by atoms with van der Waals surface area (Å²) in [6.45, 7) is 2.59. The zero-order chi connectivity index (χ0) is 25.8. The van der Waals surface area contributed by atoms with E-state index in [0.717, 1.165) is 48.4 Å². The number of fused-ring (bicyclic) bond motifs is 2. The van der Waals surface area contributed by atoms with Gasteiger partial charge in [0.1, 0.15) is 0 Å². The molecule has 5 nitrogen and oxygen atoms in total. The number of benzene rings is 4. The first kappa shape index (κ1) is 24.7. The lowest BCUT2D eigenvalue weighted by molar-refractivity contribution is 0.0600. The maximum absolute atomic E-state index is 11.8. The molecule has 5 rings (SSSR count). The van der Waals surface area contributed by atoms with Crippen molar-refractivity contribution >= 4 is 49.5 Å². The largest absolute Gasteiger partial charge is 0.465 e. The highest BCUT2D eigenvalue weighted by atomic mass is 32.1. The fourth-order valence-electron chi connectivity index (χ4n) is 4.50. The number of ether oxygens (including phenoxy) is 1. The number of carbonyl (C=O) groups is 1. The van der Waals surface area contributed by atoms with E-state index in [4.69, 9.17) is 9.72 Å². The molecule has 0 aliphatic carbocycles. The molecule has 5 aromatic rings. The summed E-state index contributed by atoms with van der Waals surface area (Å²) in [6.07, 6.45) is 1.83. The van der Waals surface area contributed by atoms with Gasteiger partial charge in [-0.1, -0.05) is 84.1 Å². The van der Waals surface area contributed by atoms with Gasteiger partial charge in [-0.2, -0.15) is 0 Å². The van der Waals surface area contributed by atoms with Crippen LogP contribution in [0.1, 0.15) is 39.6 Å². The van der Waals surface area contributed by atoms with Crippen LogP contribution in [0, 0.1) is 6.92 Å². The number of hydrogen-bond donors (Lipinski definition) is 2. The first-order valence-corrected chi connectivity index (χ1v) is 13.0. The Morgan fingerprint density at radius 3 is 2.57 bits per heavy atom. The number of thiazole rings is 1. The van der Waals surface area contributed by atoms with Gasteiger partial charge in [-0.3, -0.25) is 0 Å².